The van der Waals surface area contributed by atoms with Crippen LogP contribution in [0.1, 0.15) is 30.2 Å². The molecule has 110 valence electrons. The SMILES string of the molecule is CCSc1ccc(CC(=O)Nc2onc3c2CCC3)cc1. The summed E-state index contributed by atoms with van der Waals surface area (Å²) in [6.45, 7) is 2.13. The zero-order valence-corrected chi connectivity index (χ0v) is 12.8. The molecule has 0 bridgehead atoms. The first-order valence-electron chi connectivity index (χ1n) is 7.25. The van der Waals surface area contributed by atoms with Crippen LogP contribution >= 0.6 is 11.8 Å². The summed E-state index contributed by atoms with van der Waals surface area (Å²) < 4.78 is 5.21. The molecule has 4 nitrogen and oxygen atoms in total. The van der Waals surface area contributed by atoms with Gasteiger partial charge in [0.25, 0.3) is 0 Å². The highest BCUT2D eigenvalue weighted by atomic mass is 32.2. The van der Waals surface area contributed by atoms with E-state index in [1.807, 2.05) is 12.1 Å². The molecule has 1 aromatic heterocycles. The van der Waals surface area contributed by atoms with Crippen LogP contribution in [0.25, 0.3) is 0 Å². The van der Waals surface area contributed by atoms with E-state index in [4.69, 9.17) is 4.52 Å². The Morgan fingerprint density at radius 2 is 2.14 bits per heavy atom. The van der Waals surface area contributed by atoms with Gasteiger partial charge < -0.3 is 4.52 Å². The number of amides is 1. The van der Waals surface area contributed by atoms with Crippen molar-refractivity contribution in [1.29, 1.82) is 0 Å². The van der Waals surface area contributed by atoms with Gasteiger partial charge in [0, 0.05) is 10.5 Å². The number of aryl methyl sites for hydroxylation is 1. The molecule has 0 unspecified atom stereocenters. The molecule has 1 aliphatic rings. The third-order valence-electron chi connectivity index (χ3n) is 3.56. The first kappa shape index (κ1) is 14.2. The highest BCUT2D eigenvalue weighted by molar-refractivity contribution is 7.99. The molecule has 2 aromatic rings. The van der Waals surface area contributed by atoms with E-state index in [2.05, 4.69) is 29.5 Å². The van der Waals surface area contributed by atoms with Crippen molar-refractivity contribution >= 4 is 23.6 Å². The van der Waals surface area contributed by atoms with E-state index in [1.54, 1.807) is 11.8 Å². The predicted octanol–water partition coefficient (Wildman–Crippen LogP) is 3.46. The number of fused-ring (bicyclic) bond motifs is 1. The summed E-state index contributed by atoms with van der Waals surface area (Å²) in [5, 5.41) is 6.83. The molecule has 1 aromatic carbocycles. The van der Waals surface area contributed by atoms with Crippen molar-refractivity contribution in [2.24, 2.45) is 0 Å². The zero-order valence-electron chi connectivity index (χ0n) is 12.0. The molecule has 0 saturated heterocycles. The molecular formula is C16H18N2O2S. The van der Waals surface area contributed by atoms with Crippen molar-refractivity contribution in [1.82, 2.24) is 5.16 Å². The number of thioether (sulfide) groups is 1. The number of nitrogens with zero attached hydrogens (tertiary/aromatic N) is 1. The van der Waals surface area contributed by atoms with Crippen LogP contribution in [0.4, 0.5) is 5.88 Å². The van der Waals surface area contributed by atoms with Crippen molar-refractivity contribution in [2.75, 3.05) is 11.1 Å². The average molecular weight is 302 g/mol. The second kappa shape index (κ2) is 6.35. The normalized spacial score (nSPS) is 13.2. The molecule has 0 aliphatic heterocycles. The number of hydrogen-bond donors (Lipinski definition) is 1. The van der Waals surface area contributed by atoms with Crippen molar-refractivity contribution in [3.63, 3.8) is 0 Å². The van der Waals surface area contributed by atoms with Gasteiger partial charge in [-0.2, -0.15) is 0 Å². The number of hydrogen-bond acceptors (Lipinski definition) is 4. The van der Waals surface area contributed by atoms with Crippen LogP contribution in [0, 0.1) is 0 Å². The fourth-order valence-corrected chi connectivity index (χ4v) is 3.22. The maximum atomic E-state index is 12.1. The van der Waals surface area contributed by atoms with Crippen molar-refractivity contribution in [3.8, 4) is 0 Å². The minimum Gasteiger partial charge on any atom is -0.338 e. The standard InChI is InChI=1S/C16H18N2O2S/c1-2-21-12-8-6-11(7-9-12)10-15(19)17-16-13-4-3-5-14(13)18-20-16/h6-9H,2-5,10H2,1H3,(H,17,19). The summed E-state index contributed by atoms with van der Waals surface area (Å²) in [5.74, 6) is 1.53. The van der Waals surface area contributed by atoms with Gasteiger partial charge in [0.1, 0.15) is 0 Å². The number of aromatic nitrogens is 1. The second-order valence-corrected chi connectivity index (χ2v) is 6.43. The summed E-state index contributed by atoms with van der Waals surface area (Å²) in [4.78, 5) is 13.3. The number of carbonyl (C=O) groups excluding carboxylic acids is 1. The molecule has 0 saturated carbocycles. The maximum absolute atomic E-state index is 12.1. The first-order valence-corrected chi connectivity index (χ1v) is 8.24. The van der Waals surface area contributed by atoms with Crippen LogP contribution < -0.4 is 5.32 Å². The van der Waals surface area contributed by atoms with Gasteiger partial charge in [-0.1, -0.05) is 24.2 Å². The van der Waals surface area contributed by atoms with Gasteiger partial charge in [-0.25, -0.2) is 0 Å². The van der Waals surface area contributed by atoms with E-state index in [0.717, 1.165) is 41.8 Å². The van der Waals surface area contributed by atoms with Gasteiger partial charge in [0.15, 0.2) is 0 Å². The Labute approximate surface area is 128 Å². The largest absolute Gasteiger partial charge is 0.338 e. The van der Waals surface area contributed by atoms with Gasteiger partial charge >= 0.3 is 0 Å². The molecule has 0 fully saturated rings. The Morgan fingerprint density at radius 3 is 2.90 bits per heavy atom. The lowest BCUT2D eigenvalue weighted by Crippen LogP contribution is -2.14. The molecule has 1 aliphatic carbocycles. The summed E-state index contributed by atoms with van der Waals surface area (Å²) in [5.41, 5.74) is 3.06. The molecule has 3 rings (SSSR count). The monoisotopic (exact) mass is 302 g/mol. The molecule has 0 atom stereocenters. The van der Waals surface area contributed by atoms with Gasteiger partial charge in [0.2, 0.25) is 11.8 Å². The highest BCUT2D eigenvalue weighted by Gasteiger charge is 2.22. The minimum absolute atomic E-state index is 0.0586. The fraction of sp³-hybridized carbons (Fsp3) is 0.375. The van der Waals surface area contributed by atoms with Crippen LogP contribution in [0.15, 0.2) is 33.7 Å². The quantitative estimate of drug-likeness (QED) is 0.859. The molecule has 5 heteroatoms. The molecule has 21 heavy (non-hydrogen) atoms. The van der Waals surface area contributed by atoms with Crippen molar-refractivity contribution < 1.29 is 9.32 Å². The van der Waals surface area contributed by atoms with Crippen molar-refractivity contribution in [2.45, 2.75) is 37.5 Å². The smallest absolute Gasteiger partial charge is 0.234 e. The van der Waals surface area contributed by atoms with Crippen LogP contribution in [-0.4, -0.2) is 16.8 Å². The number of benzene rings is 1. The van der Waals surface area contributed by atoms with Crippen LogP contribution in [-0.2, 0) is 24.1 Å². The van der Waals surface area contributed by atoms with Gasteiger partial charge in [0.05, 0.1) is 12.1 Å². The second-order valence-electron chi connectivity index (χ2n) is 5.09. The molecule has 0 radical (unpaired) electrons. The van der Waals surface area contributed by atoms with E-state index in [0.29, 0.717) is 12.3 Å². The molecule has 0 spiro atoms. The number of nitrogens with one attached hydrogen (secondary N) is 1. The lowest BCUT2D eigenvalue weighted by molar-refractivity contribution is -0.115. The summed E-state index contributed by atoms with van der Waals surface area (Å²) in [7, 11) is 0. The van der Waals surface area contributed by atoms with E-state index in [9.17, 15) is 4.79 Å². The van der Waals surface area contributed by atoms with Crippen LogP contribution in [0.3, 0.4) is 0 Å². The predicted molar refractivity (Wildman–Crippen MR) is 83.7 cm³/mol. The zero-order chi connectivity index (χ0) is 14.7. The Bertz CT molecular complexity index is 634. The molecule has 1 heterocycles. The number of rotatable bonds is 5. The fourth-order valence-electron chi connectivity index (χ4n) is 2.55. The van der Waals surface area contributed by atoms with Gasteiger partial charge in [-0.05, 0) is 42.7 Å². The molecule has 1 N–H and O–H groups in total. The van der Waals surface area contributed by atoms with E-state index < -0.39 is 0 Å². The lowest BCUT2D eigenvalue weighted by Gasteiger charge is -2.04. The van der Waals surface area contributed by atoms with E-state index in [-0.39, 0.29) is 5.91 Å². The number of anilines is 1. The van der Waals surface area contributed by atoms with Crippen LogP contribution in [0.5, 0.6) is 0 Å². The third-order valence-corrected chi connectivity index (χ3v) is 4.46. The highest BCUT2D eigenvalue weighted by Crippen LogP contribution is 2.28. The number of carbonyl (C=O) groups is 1. The average Bonchev–Trinajstić information content (AvgIpc) is 3.06. The van der Waals surface area contributed by atoms with Gasteiger partial charge in [-0.3, -0.25) is 10.1 Å². The Balaban J connectivity index is 1.61. The van der Waals surface area contributed by atoms with E-state index in [1.165, 1.54) is 4.90 Å². The topological polar surface area (TPSA) is 55.1 Å². The Hall–Kier alpha value is -1.75. The Morgan fingerprint density at radius 1 is 1.33 bits per heavy atom. The maximum Gasteiger partial charge on any atom is 0.234 e. The summed E-state index contributed by atoms with van der Waals surface area (Å²) in [6, 6.07) is 8.12. The molecular weight excluding hydrogens is 284 g/mol. The van der Waals surface area contributed by atoms with E-state index >= 15 is 0 Å². The lowest BCUT2D eigenvalue weighted by atomic mass is 10.1. The Kier molecular flexibility index (Phi) is 4.29. The third kappa shape index (κ3) is 3.29. The van der Waals surface area contributed by atoms with Crippen molar-refractivity contribution in [3.05, 3.63) is 41.1 Å². The minimum atomic E-state index is -0.0586. The molecule has 1 amide bonds. The van der Waals surface area contributed by atoms with Gasteiger partial charge in [-0.15, -0.1) is 11.8 Å². The summed E-state index contributed by atoms with van der Waals surface area (Å²) >= 11 is 1.80. The first-order chi connectivity index (χ1) is 10.3. The van der Waals surface area contributed by atoms with Crippen LogP contribution in [0.2, 0.25) is 0 Å². The summed E-state index contributed by atoms with van der Waals surface area (Å²) in [6.07, 6.45) is 3.34.